The van der Waals surface area contributed by atoms with Gasteiger partial charge in [-0.3, -0.25) is 28.6 Å². The van der Waals surface area contributed by atoms with E-state index in [0.29, 0.717) is 28.2 Å². The average Bonchev–Trinajstić information content (AvgIpc) is 3.61. The maximum Gasteiger partial charge on any atom is 0.338 e. The molecule has 1 aliphatic heterocycles. The third-order valence-electron chi connectivity index (χ3n) is 9.57. The molecule has 5 aromatic rings. The number of nitrogens with one attached hydrogen (secondary N) is 1. The van der Waals surface area contributed by atoms with E-state index in [1.165, 1.54) is 27.3 Å². The fourth-order valence-electron chi connectivity index (χ4n) is 6.78. The molecule has 1 aliphatic rings. The third-order valence-corrected chi connectivity index (χ3v) is 10.9. The molecule has 1 aromatic heterocycles. The molecule has 1 saturated heterocycles. The van der Waals surface area contributed by atoms with Crippen molar-refractivity contribution in [2.75, 3.05) is 14.2 Å². The molecule has 0 amide bonds. The van der Waals surface area contributed by atoms with Crippen molar-refractivity contribution >= 4 is 21.8 Å². The van der Waals surface area contributed by atoms with E-state index >= 15 is 0 Å². The van der Waals surface area contributed by atoms with Crippen LogP contribution in [-0.2, 0) is 38.9 Å². The van der Waals surface area contributed by atoms with Crippen molar-refractivity contribution in [3.63, 3.8) is 0 Å². The topological polar surface area (TPSA) is 205 Å². The van der Waals surface area contributed by atoms with Crippen LogP contribution in [0.15, 0.2) is 124 Å². The van der Waals surface area contributed by atoms with Gasteiger partial charge >= 0.3 is 11.7 Å². The van der Waals surface area contributed by atoms with Crippen molar-refractivity contribution in [1.82, 2.24) is 9.55 Å². The summed E-state index contributed by atoms with van der Waals surface area (Å²) in [4.78, 5) is 52.8. The first-order valence-corrected chi connectivity index (χ1v) is 19.8. The fourth-order valence-corrected chi connectivity index (χ4v) is 7.87. The molecule has 6 rings (SSSR count). The normalized spacial score (nSPS) is 17.6. The van der Waals surface area contributed by atoms with Crippen LogP contribution in [0.4, 0.5) is 5.69 Å². The number of methoxy groups -OCH3 is 2. The van der Waals surface area contributed by atoms with E-state index in [1.807, 2.05) is 6.07 Å². The average molecular weight is 830 g/mol. The van der Waals surface area contributed by atoms with Gasteiger partial charge in [0.05, 0.1) is 24.0 Å². The van der Waals surface area contributed by atoms with Gasteiger partial charge in [0.2, 0.25) is 0 Å². The number of ether oxygens (including phenoxy) is 5. The van der Waals surface area contributed by atoms with Crippen molar-refractivity contribution in [2.24, 2.45) is 0 Å². The number of H-pyrrole nitrogens is 1. The smallest absolute Gasteiger partial charge is 0.338 e. The number of rotatable bonds is 14. The van der Waals surface area contributed by atoms with Gasteiger partial charge in [-0.25, -0.2) is 9.59 Å². The van der Waals surface area contributed by atoms with E-state index in [-0.39, 0.29) is 17.7 Å². The highest BCUT2D eigenvalue weighted by atomic mass is 32.2. The Hall–Kier alpha value is -6.14. The second kappa shape index (κ2) is 17.0. The highest BCUT2D eigenvalue weighted by Gasteiger charge is 2.53. The summed E-state index contributed by atoms with van der Waals surface area (Å²) in [5.41, 5.74) is -2.91. The molecule has 4 atom stereocenters. The standard InChI is InChI=1S/C42H43N3O13S/c1-26-25-44(40(48)43-38(26)46)35-24-34(58-59(51,52)33-22-16-30(17-23-33)45(49)50)36(55-35)37(39(47)57-41(2,3)4)56-42(27-10-8-7-9-11-27,28-12-18-31(53-5)19-13-28)29-14-20-32(54-6)21-15-29/h7-23,25,34-37H,24H2,1-6H3,(H,43,46,48)/t34-,35+,36-,37?/m0/s1. The number of carbonyl (C=O) groups is 1. The number of nitro groups is 1. The second-order valence-corrected chi connectivity index (χ2v) is 16.3. The molecule has 4 aromatic carbocycles. The Bertz CT molecular complexity index is 2470. The molecule has 0 saturated carbocycles. The van der Waals surface area contributed by atoms with Gasteiger partial charge in [-0.1, -0.05) is 54.6 Å². The lowest BCUT2D eigenvalue weighted by Crippen LogP contribution is -2.51. The van der Waals surface area contributed by atoms with Gasteiger partial charge in [0.1, 0.15) is 41.1 Å². The SMILES string of the molecule is COc1ccc(C(OC(C(=O)OC(C)(C)C)[C@H]2O[C@@H](n3cc(C)c(=O)[nH]c3=O)C[C@@H]2OS(=O)(=O)c2ccc([N+](=O)[O-])cc2)(c2ccccc2)c2ccc(OC)cc2)cc1. The van der Waals surface area contributed by atoms with Crippen molar-refractivity contribution in [3.05, 3.63) is 163 Å². The van der Waals surface area contributed by atoms with E-state index in [1.54, 1.807) is 93.6 Å². The minimum atomic E-state index is -4.74. The maximum absolute atomic E-state index is 14.8. The summed E-state index contributed by atoms with van der Waals surface area (Å²) in [6, 6.07) is 27.0. The number of hydrogen-bond donors (Lipinski definition) is 1. The first-order valence-electron chi connectivity index (χ1n) is 18.4. The molecule has 16 nitrogen and oxygen atoms in total. The van der Waals surface area contributed by atoms with Crippen LogP contribution in [0, 0.1) is 17.0 Å². The summed E-state index contributed by atoms with van der Waals surface area (Å²) >= 11 is 0. The summed E-state index contributed by atoms with van der Waals surface area (Å²) in [6.07, 6.45) is -5.39. The van der Waals surface area contributed by atoms with Gasteiger partial charge in [-0.05, 0) is 80.8 Å². The van der Waals surface area contributed by atoms with Gasteiger partial charge in [-0.2, -0.15) is 8.42 Å². The molecule has 1 unspecified atom stereocenters. The number of hydrogen-bond acceptors (Lipinski definition) is 13. The minimum Gasteiger partial charge on any atom is -0.497 e. The predicted octanol–water partition coefficient (Wildman–Crippen LogP) is 5.55. The van der Waals surface area contributed by atoms with Crippen molar-refractivity contribution < 1.29 is 46.0 Å². The summed E-state index contributed by atoms with van der Waals surface area (Å²) in [5, 5.41) is 11.3. The number of esters is 1. The molecule has 1 N–H and O–H groups in total. The molecule has 1 fully saturated rings. The van der Waals surface area contributed by atoms with Crippen LogP contribution in [-0.4, -0.2) is 67.0 Å². The van der Waals surface area contributed by atoms with Crippen LogP contribution in [0.25, 0.3) is 0 Å². The van der Waals surface area contributed by atoms with Gasteiger partial charge in [0.15, 0.2) is 6.10 Å². The lowest BCUT2D eigenvalue weighted by Gasteiger charge is -2.40. The zero-order chi connectivity index (χ0) is 42.7. The van der Waals surface area contributed by atoms with Crippen LogP contribution >= 0.6 is 0 Å². The number of nitro benzene ring substituents is 1. The predicted molar refractivity (Wildman–Crippen MR) is 213 cm³/mol. The molecule has 310 valence electrons. The zero-order valence-corrected chi connectivity index (χ0v) is 33.8. The van der Waals surface area contributed by atoms with Crippen LogP contribution in [0.5, 0.6) is 11.5 Å². The van der Waals surface area contributed by atoms with E-state index in [4.69, 9.17) is 27.9 Å². The number of benzene rings is 4. The number of carbonyl (C=O) groups excluding carboxylic acids is 1. The highest BCUT2D eigenvalue weighted by molar-refractivity contribution is 7.86. The number of aryl methyl sites for hydroxylation is 1. The van der Waals surface area contributed by atoms with Gasteiger partial charge in [-0.15, -0.1) is 0 Å². The minimum absolute atomic E-state index is 0.148. The second-order valence-electron chi connectivity index (χ2n) is 14.7. The van der Waals surface area contributed by atoms with Crippen LogP contribution in [0.1, 0.15) is 55.7 Å². The van der Waals surface area contributed by atoms with Crippen molar-refractivity contribution in [2.45, 2.75) is 74.8 Å². The Morgan fingerprint density at radius 2 is 1.41 bits per heavy atom. The van der Waals surface area contributed by atoms with Crippen molar-refractivity contribution in [1.29, 1.82) is 0 Å². The lowest BCUT2D eigenvalue weighted by atomic mass is 9.79. The van der Waals surface area contributed by atoms with Gasteiger partial charge in [0, 0.05) is 30.3 Å². The Morgan fingerprint density at radius 1 is 0.864 bits per heavy atom. The molecule has 17 heteroatoms. The quantitative estimate of drug-likeness (QED) is 0.0480. The number of non-ortho nitro benzene ring substituents is 1. The lowest BCUT2D eigenvalue weighted by molar-refractivity contribution is -0.384. The van der Waals surface area contributed by atoms with Gasteiger partial charge < -0.3 is 23.7 Å². The Morgan fingerprint density at radius 3 is 1.92 bits per heavy atom. The first-order chi connectivity index (χ1) is 27.9. The maximum atomic E-state index is 14.8. The Labute approximate surface area is 339 Å². The number of nitrogens with zero attached hydrogens (tertiary/aromatic N) is 2. The summed E-state index contributed by atoms with van der Waals surface area (Å²) < 4.78 is 65.5. The zero-order valence-electron chi connectivity index (χ0n) is 33.0. The largest absolute Gasteiger partial charge is 0.497 e. The van der Waals surface area contributed by atoms with Crippen LogP contribution in [0.3, 0.4) is 0 Å². The Kier molecular flexibility index (Phi) is 12.2. The summed E-state index contributed by atoms with van der Waals surface area (Å²) in [7, 11) is -1.70. The molecule has 0 radical (unpaired) electrons. The number of aromatic amines is 1. The van der Waals surface area contributed by atoms with Gasteiger partial charge in [0.25, 0.3) is 21.4 Å². The number of aromatic nitrogens is 2. The fraction of sp³-hybridized carbons (Fsp3) is 0.310. The molecule has 0 aliphatic carbocycles. The van der Waals surface area contributed by atoms with E-state index in [0.717, 1.165) is 28.8 Å². The molecule has 2 heterocycles. The summed E-state index contributed by atoms with van der Waals surface area (Å²) in [6.45, 7) is 6.41. The molecular formula is C42H43N3O13S. The molecular weight excluding hydrogens is 787 g/mol. The summed E-state index contributed by atoms with van der Waals surface area (Å²) in [5.74, 6) is 0.0992. The van der Waals surface area contributed by atoms with Crippen molar-refractivity contribution in [3.8, 4) is 11.5 Å². The van der Waals surface area contributed by atoms with E-state index in [2.05, 4.69) is 4.98 Å². The first kappa shape index (κ1) is 42.5. The molecule has 0 bridgehead atoms. The monoisotopic (exact) mass is 829 g/mol. The highest BCUT2D eigenvalue weighted by Crippen LogP contribution is 2.45. The van der Waals surface area contributed by atoms with E-state index in [9.17, 15) is 32.9 Å². The van der Waals surface area contributed by atoms with Crippen LogP contribution in [0.2, 0.25) is 0 Å². The Balaban J connectivity index is 1.58. The van der Waals surface area contributed by atoms with E-state index < -0.39 is 72.9 Å². The third kappa shape index (κ3) is 9.13. The molecule has 59 heavy (non-hydrogen) atoms. The van der Waals surface area contributed by atoms with Crippen LogP contribution < -0.4 is 20.7 Å². The molecule has 0 spiro atoms.